The van der Waals surface area contributed by atoms with E-state index in [0.717, 1.165) is 6.54 Å². The summed E-state index contributed by atoms with van der Waals surface area (Å²) in [7, 11) is 0. The number of hydrogen-bond acceptors (Lipinski definition) is 3. The molecule has 0 bridgehead atoms. The largest absolute Gasteiger partial charge is 0.307 e. The van der Waals surface area contributed by atoms with Crippen molar-refractivity contribution in [2.75, 3.05) is 19.6 Å². The molecule has 20 heavy (non-hydrogen) atoms. The zero-order valence-electron chi connectivity index (χ0n) is 13.0. The first-order chi connectivity index (χ1) is 9.65. The van der Waals surface area contributed by atoms with Gasteiger partial charge in [-0.05, 0) is 64.4 Å². The first-order valence-corrected chi connectivity index (χ1v) is 7.67. The van der Waals surface area contributed by atoms with E-state index < -0.39 is 0 Å². The number of pyridine rings is 1. The second kappa shape index (κ2) is 7.55. The van der Waals surface area contributed by atoms with Crippen molar-refractivity contribution in [1.29, 1.82) is 0 Å². The van der Waals surface area contributed by atoms with E-state index in [4.69, 9.17) is 0 Å². The van der Waals surface area contributed by atoms with Crippen LogP contribution >= 0.6 is 0 Å². The lowest BCUT2D eigenvalue weighted by Gasteiger charge is -2.33. The molecule has 1 atom stereocenters. The fraction of sp³-hybridized carbons (Fsp3) is 0.588. The average Bonchev–Trinajstić information content (AvgIpc) is 2.47. The van der Waals surface area contributed by atoms with Gasteiger partial charge in [0.1, 0.15) is 0 Å². The van der Waals surface area contributed by atoms with Crippen LogP contribution < -0.4 is 5.32 Å². The Morgan fingerprint density at radius 3 is 2.60 bits per heavy atom. The third kappa shape index (κ3) is 4.73. The minimum absolute atomic E-state index is 0.410. The van der Waals surface area contributed by atoms with Crippen LogP contribution in [0.5, 0.6) is 0 Å². The molecule has 0 spiro atoms. The van der Waals surface area contributed by atoms with Crippen molar-refractivity contribution < 1.29 is 0 Å². The summed E-state index contributed by atoms with van der Waals surface area (Å²) in [5, 5.41) is 3.75. The van der Waals surface area contributed by atoms with Gasteiger partial charge < -0.3 is 5.32 Å². The number of piperidine rings is 1. The van der Waals surface area contributed by atoms with Gasteiger partial charge in [-0.1, -0.05) is 11.6 Å². The summed E-state index contributed by atoms with van der Waals surface area (Å²) in [5.41, 5.74) is 2.74. The normalized spacial score (nSPS) is 18.8. The van der Waals surface area contributed by atoms with Gasteiger partial charge in [0.25, 0.3) is 0 Å². The van der Waals surface area contributed by atoms with E-state index >= 15 is 0 Å². The lowest BCUT2D eigenvalue weighted by atomic mass is 10.0. The van der Waals surface area contributed by atoms with Gasteiger partial charge in [0, 0.05) is 31.0 Å². The molecule has 1 N–H and O–H groups in total. The van der Waals surface area contributed by atoms with Gasteiger partial charge in [-0.15, -0.1) is 0 Å². The van der Waals surface area contributed by atoms with Gasteiger partial charge in [-0.3, -0.25) is 9.88 Å². The van der Waals surface area contributed by atoms with Crippen molar-refractivity contribution in [1.82, 2.24) is 15.2 Å². The molecule has 110 valence electrons. The molecule has 3 heteroatoms. The van der Waals surface area contributed by atoms with Crippen molar-refractivity contribution in [3.63, 3.8) is 0 Å². The molecule has 3 nitrogen and oxygen atoms in total. The Morgan fingerprint density at radius 1 is 1.35 bits per heavy atom. The Kier molecular flexibility index (Phi) is 5.74. The van der Waals surface area contributed by atoms with E-state index in [-0.39, 0.29) is 0 Å². The molecule has 1 aromatic heterocycles. The number of hydrogen-bond donors (Lipinski definition) is 1. The fourth-order valence-electron chi connectivity index (χ4n) is 2.70. The predicted octanol–water partition coefficient (Wildman–Crippen LogP) is 3.16. The summed E-state index contributed by atoms with van der Waals surface area (Å²) >= 11 is 0. The van der Waals surface area contributed by atoms with E-state index in [1.807, 2.05) is 12.4 Å². The molecule has 1 aliphatic rings. The van der Waals surface area contributed by atoms with Gasteiger partial charge in [-0.2, -0.15) is 0 Å². The number of nitrogens with one attached hydrogen (secondary N) is 1. The summed E-state index contributed by atoms with van der Waals surface area (Å²) in [5.74, 6) is 0. The van der Waals surface area contributed by atoms with Crippen LogP contribution in [0.25, 0.3) is 0 Å². The SMILES string of the molecule is CC(C)=CCN1CCC(NC(C)c2ccncc2)CC1. The second-order valence-corrected chi connectivity index (χ2v) is 6.03. The maximum absolute atomic E-state index is 4.08. The lowest BCUT2D eigenvalue weighted by Crippen LogP contribution is -2.43. The molecule has 0 saturated carbocycles. The monoisotopic (exact) mass is 273 g/mol. The predicted molar refractivity (Wildman–Crippen MR) is 84.7 cm³/mol. The van der Waals surface area contributed by atoms with Crippen molar-refractivity contribution in [3.8, 4) is 0 Å². The molecule has 1 fully saturated rings. The topological polar surface area (TPSA) is 28.2 Å². The van der Waals surface area contributed by atoms with E-state index in [9.17, 15) is 0 Å². The number of likely N-dealkylation sites (tertiary alicyclic amines) is 1. The van der Waals surface area contributed by atoms with Crippen LogP contribution in [-0.2, 0) is 0 Å². The zero-order valence-corrected chi connectivity index (χ0v) is 13.0. The maximum Gasteiger partial charge on any atom is 0.0295 e. The molecule has 2 rings (SSSR count). The molecule has 1 unspecified atom stereocenters. The molecule has 2 heterocycles. The summed E-state index contributed by atoms with van der Waals surface area (Å²) in [6.45, 7) is 10.1. The van der Waals surface area contributed by atoms with E-state index in [0.29, 0.717) is 12.1 Å². The summed E-state index contributed by atoms with van der Waals surface area (Å²) in [6.07, 6.45) is 8.55. The van der Waals surface area contributed by atoms with Gasteiger partial charge >= 0.3 is 0 Å². The standard InChI is InChI=1S/C17H27N3/c1-14(2)6-11-20-12-7-17(8-13-20)19-15(3)16-4-9-18-10-5-16/h4-6,9-10,15,17,19H,7-8,11-13H2,1-3H3. The number of aromatic nitrogens is 1. The minimum Gasteiger partial charge on any atom is -0.307 e. The van der Waals surface area contributed by atoms with Gasteiger partial charge in [0.05, 0.1) is 0 Å². The first-order valence-electron chi connectivity index (χ1n) is 7.67. The number of rotatable bonds is 5. The Balaban J connectivity index is 1.76. The fourth-order valence-corrected chi connectivity index (χ4v) is 2.70. The van der Waals surface area contributed by atoms with Crippen LogP contribution in [0.1, 0.15) is 45.2 Å². The number of allylic oxidation sites excluding steroid dienone is 1. The molecule has 1 aromatic rings. The highest BCUT2D eigenvalue weighted by Gasteiger charge is 2.20. The van der Waals surface area contributed by atoms with Gasteiger partial charge in [-0.25, -0.2) is 0 Å². The molecule has 0 radical (unpaired) electrons. The number of nitrogens with zero attached hydrogens (tertiary/aromatic N) is 2. The third-order valence-electron chi connectivity index (χ3n) is 4.04. The Labute approximate surface area is 123 Å². The highest BCUT2D eigenvalue weighted by atomic mass is 15.1. The van der Waals surface area contributed by atoms with Crippen molar-refractivity contribution in [2.24, 2.45) is 0 Å². The summed E-state index contributed by atoms with van der Waals surface area (Å²) in [4.78, 5) is 6.62. The first kappa shape index (κ1) is 15.2. The molecular weight excluding hydrogens is 246 g/mol. The van der Waals surface area contributed by atoms with Crippen LogP contribution in [0, 0.1) is 0 Å². The van der Waals surface area contributed by atoms with Crippen molar-refractivity contribution in [3.05, 3.63) is 41.7 Å². The van der Waals surface area contributed by atoms with Gasteiger partial charge in [0.2, 0.25) is 0 Å². The molecule has 0 amide bonds. The van der Waals surface area contributed by atoms with Crippen molar-refractivity contribution in [2.45, 2.75) is 45.7 Å². The molecule has 0 aromatic carbocycles. The quantitative estimate of drug-likeness (QED) is 0.835. The van der Waals surface area contributed by atoms with Crippen LogP contribution in [0.4, 0.5) is 0 Å². The summed E-state index contributed by atoms with van der Waals surface area (Å²) < 4.78 is 0. The van der Waals surface area contributed by atoms with E-state index in [2.05, 4.69) is 54.2 Å². The molecular formula is C17H27N3. The second-order valence-electron chi connectivity index (χ2n) is 6.03. The lowest BCUT2D eigenvalue weighted by molar-refractivity contribution is 0.208. The zero-order chi connectivity index (χ0) is 14.4. The average molecular weight is 273 g/mol. The smallest absolute Gasteiger partial charge is 0.0295 e. The highest BCUT2D eigenvalue weighted by molar-refractivity contribution is 5.14. The van der Waals surface area contributed by atoms with Crippen LogP contribution in [0.15, 0.2) is 36.2 Å². The Bertz CT molecular complexity index is 415. The van der Waals surface area contributed by atoms with Crippen LogP contribution in [0.3, 0.4) is 0 Å². The maximum atomic E-state index is 4.08. The summed E-state index contributed by atoms with van der Waals surface area (Å²) in [6, 6.07) is 5.25. The Hall–Kier alpha value is -1.19. The Morgan fingerprint density at radius 2 is 2.00 bits per heavy atom. The van der Waals surface area contributed by atoms with Gasteiger partial charge in [0.15, 0.2) is 0 Å². The van der Waals surface area contributed by atoms with Crippen LogP contribution in [0.2, 0.25) is 0 Å². The third-order valence-corrected chi connectivity index (χ3v) is 4.04. The van der Waals surface area contributed by atoms with Crippen molar-refractivity contribution >= 4 is 0 Å². The highest BCUT2D eigenvalue weighted by Crippen LogP contribution is 2.16. The van der Waals surface area contributed by atoms with E-state index in [1.165, 1.54) is 37.1 Å². The minimum atomic E-state index is 0.410. The van der Waals surface area contributed by atoms with Crippen LogP contribution in [-0.4, -0.2) is 35.6 Å². The molecule has 1 aliphatic heterocycles. The molecule has 0 aliphatic carbocycles. The van der Waals surface area contributed by atoms with E-state index in [1.54, 1.807) is 0 Å². The molecule has 1 saturated heterocycles.